The minimum atomic E-state index is -0.871. The fourth-order valence-corrected chi connectivity index (χ4v) is 2.41. The van der Waals surface area contributed by atoms with Crippen molar-refractivity contribution in [2.24, 2.45) is 0 Å². The molecule has 19 heavy (non-hydrogen) atoms. The number of rotatable bonds is 5. The van der Waals surface area contributed by atoms with Crippen LogP contribution in [0.2, 0.25) is 0 Å². The van der Waals surface area contributed by atoms with Crippen molar-refractivity contribution >= 4 is 27.8 Å². The van der Waals surface area contributed by atoms with E-state index >= 15 is 0 Å². The summed E-state index contributed by atoms with van der Waals surface area (Å²) in [7, 11) is 0. The number of aliphatic carboxylic acids is 1. The summed E-state index contributed by atoms with van der Waals surface area (Å²) in [5.74, 6) is -0.938. The lowest BCUT2D eigenvalue weighted by Gasteiger charge is -2.22. The predicted molar refractivity (Wildman–Crippen MR) is 75.2 cm³/mol. The molecule has 1 aromatic carbocycles. The van der Waals surface area contributed by atoms with Crippen LogP contribution in [0.25, 0.3) is 0 Å². The van der Waals surface area contributed by atoms with Crippen LogP contribution in [-0.4, -0.2) is 34.5 Å². The fourth-order valence-electron chi connectivity index (χ4n) is 2.05. The first-order valence-electron chi connectivity index (χ1n) is 6.28. The Bertz CT molecular complexity index is 511. The minimum Gasteiger partial charge on any atom is -0.481 e. The molecular weight excluding hydrogens is 310 g/mol. The lowest BCUT2D eigenvalue weighted by Crippen LogP contribution is -2.35. The first kappa shape index (κ1) is 14.1. The third-order valence-electron chi connectivity index (χ3n) is 3.31. The van der Waals surface area contributed by atoms with Crippen molar-refractivity contribution in [3.63, 3.8) is 0 Å². The van der Waals surface area contributed by atoms with Crippen LogP contribution in [0.4, 0.5) is 0 Å². The normalized spacial score (nSPS) is 14.2. The highest BCUT2D eigenvalue weighted by molar-refractivity contribution is 9.10. The summed E-state index contributed by atoms with van der Waals surface area (Å²) in [5, 5.41) is 8.77. The Kier molecular flexibility index (Phi) is 4.24. The smallest absolute Gasteiger partial charge is 0.305 e. The number of nitrogens with zero attached hydrogens (tertiary/aromatic N) is 1. The number of amides is 1. The van der Waals surface area contributed by atoms with E-state index in [2.05, 4.69) is 15.9 Å². The average molecular weight is 326 g/mol. The maximum atomic E-state index is 12.5. The first-order chi connectivity index (χ1) is 9.00. The zero-order valence-electron chi connectivity index (χ0n) is 10.7. The Morgan fingerprint density at radius 1 is 1.42 bits per heavy atom. The van der Waals surface area contributed by atoms with Gasteiger partial charge in [0.1, 0.15) is 0 Å². The summed E-state index contributed by atoms with van der Waals surface area (Å²) in [4.78, 5) is 24.9. The molecule has 1 N–H and O–H groups in total. The van der Waals surface area contributed by atoms with Crippen molar-refractivity contribution in [3.8, 4) is 0 Å². The highest BCUT2D eigenvalue weighted by atomic mass is 79.9. The number of benzene rings is 1. The van der Waals surface area contributed by atoms with Crippen LogP contribution < -0.4 is 0 Å². The Balaban J connectivity index is 2.19. The maximum absolute atomic E-state index is 12.5. The first-order valence-corrected chi connectivity index (χ1v) is 7.08. The van der Waals surface area contributed by atoms with Gasteiger partial charge >= 0.3 is 5.97 Å². The lowest BCUT2D eigenvalue weighted by atomic mass is 10.1. The van der Waals surface area contributed by atoms with E-state index in [1.807, 2.05) is 19.1 Å². The maximum Gasteiger partial charge on any atom is 0.305 e. The van der Waals surface area contributed by atoms with E-state index in [0.717, 1.165) is 22.9 Å². The van der Waals surface area contributed by atoms with Gasteiger partial charge in [0.05, 0.1) is 6.42 Å². The van der Waals surface area contributed by atoms with Crippen molar-refractivity contribution in [1.82, 2.24) is 4.90 Å². The van der Waals surface area contributed by atoms with Gasteiger partial charge in [-0.05, 0) is 37.5 Å². The molecule has 0 spiro atoms. The van der Waals surface area contributed by atoms with Crippen LogP contribution in [0.3, 0.4) is 0 Å². The van der Waals surface area contributed by atoms with Crippen LogP contribution >= 0.6 is 15.9 Å². The SMILES string of the molecule is Cc1c(Br)cccc1C(=O)N(CCC(=O)O)C1CC1. The topological polar surface area (TPSA) is 57.6 Å². The summed E-state index contributed by atoms with van der Waals surface area (Å²) >= 11 is 3.41. The van der Waals surface area contributed by atoms with Crippen LogP contribution in [0.5, 0.6) is 0 Å². The van der Waals surface area contributed by atoms with E-state index in [1.165, 1.54) is 0 Å². The van der Waals surface area contributed by atoms with E-state index in [0.29, 0.717) is 5.56 Å². The van der Waals surface area contributed by atoms with Crippen LogP contribution in [0, 0.1) is 6.92 Å². The largest absolute Gasteiger partial charge is 0.481 e. The van der Waals surface area contributed by atoms with Crippen LogP contribution in [0.15, 0.2) is 22.7 Å². The van der Waals surface area contributed by atoms with Gasteiger partial charge in [0.25, 0.3) is 5.91 Å². The lowest BCUT2D eigenvalue weighted by molar-refractivity contribution is -0.137. The number of hydrogen-bond acceptors (Lipinski definition) is 2. The summed E-state index contributed by atoms with van der Waals surface area (Å²) in [5.41, 5.74) is 1.54. The Morgan fingerprint density at radius 3 is 2.68 bits per heavy atom. The van der Waals surface area contributed by atoms with E-state index in [1.54, 1.807) is 11.0 Å². The second-order valence-corrected chi connectivity index (χ2v) is 5.64. The third kappa shape index (κ3) is 3.35. The molecule has 0 radical (unpaired) electrons. The Hall–Kier alpha value is -1.36. The van der Waals surface area contributed by atoms with Gasteiger partial charge in [-0.3, -0.25) is 9.59 Å². The van der Waals surface area contributed by atoms with Crippen molar-refractivity contribution in [2.45, 2.75) is 32.2 Å². The van der Waals surface area contributed by atoms with Gasteiger partial charge in [-0.2, -0.15) is 0 Å². The molecular formula is C14H16BrNO3. The number of carbonyl (C=O) groups is 2. The molecule has 1 fully saturated rings. The van der Waals surface area contributed by atoms with Gasteiger partial charge in [-0.25, -0.2) is 0 Å². The summed E-state index contributed by atoms with van der Waals surface area (Å²) in [6.45, 7) is 2.17. The molecule has 0 heterocycles. The highest BCUT2D eigenvalue weighted by Crippen LogP contribution is 2.30. The molecule has 4 nitrogen and oxygen atoms in total. The van der Waals surface area contributed by atoms with Gasteiger partial charge in [0, 0.05) is 22.6 Å². The van der Waals surface area contributed by atoms with Crippen molar-refractivity contribution in [1.29, 1.82) is 0 Å². The molecule has 1 saturated carbocycles. The predicted octanol–water partition coefficient (Wildman–Crippen LogP) is 2.84. The number of carbonyl (C=O) groups excluding carboxylic acids is 1. The molecule has 0 aliphatic heterocycles. The summed E-state index contributed by atoms with van der Waals surface area (Å²) < 4.78 is 0.896. The average Bonchev–Trinajstić information content (AvgIpc) is 3.17. The summed E-state index contributed by atoms with van der Waals surface area (Å²) in [6, 6.07) is 5.72. The number of carboxylic acid groups (broad SMARTS) is 1. The van der Waals surface area contributed by atoms with Gasteiger partial charge in [0.2, 0.25) is 0 Å². The zero-order chi connectivity index (χ0) is 14.0. The highest BCUT2D eigenvalue weighted by Gasteiger charge is 2.33. The number of halogens is 1. The molecule has 0 aromatic heterocycles. The Morgan fingerprint density at radius 2 is 2.11 bits per heavy atom. The van der Waals surface area contributed by atoms with Gasteiger partial charge in [-0.1, -0.05) is 22.0 Å². The van der Waals surface area contributed by atoms with E-state index < -0.39 is 5.97 Å². The minimum absolute atomic E-state index is 0.00467. The molecule has 0 unspecified atom stereocenters. The molecule has 5 heteroatoms. The van der Waals surface area contributed by atoms with Gasteiger partial charge in [0.15, 0.2) is 0 Å². The van der Waals surface area contributed by atoms with E-state index in [-0.39, 0.29) is 24.9 Å². The molecule has 1 amide bonds. The van der Waals surface area contributed by atoms with Gasteiger partial charge < -0.3 is 10.0 Å². The molecule has 1 aliphatic carbocycles. The van der Waals surface area contributed by atoms with Crippen molar-refractivity contribution in [2.75, 3.05) is 6.54 Å². The summed E-state index contributed by atoms with van der Waals surface area (Å²) in [6.07, 6.45) is 1.94. The fraction of sp³-hybridized carbons (Fsp3) is 0.429. The standard InChI is InChI=1S/C14H16BrNO3/c1-9-11(3-2-4-12(9)15)14(19)16(10-5-6-10)8-7-13(17)18/h2-4,10H,5-8H2,1H3,(H,17,18). The zero-order valence-corrected chi connectivity index (χ0v) is 12.3. The molecule has 2 rings (SSSR count). The van der Waals surface area contributed by atoms with Crippen LogP contribution in [0.1, 0.15) is 35.2 Å². The molecule has 1 aliphatic rings. The number of hydrogen-bond donors (Lipinski definition) is 1. The Labute approximate surface area is 120 Å². The second kappa shape index (κ2) is 5.74. The monoisotopic (exact) mass is 325 g/mol. The van der Waals surface area contributed by atoms with E-state index in [4.69, 9.17) is 5.11 Å². The molecule has 0 saturated heterocycles. The second-order valence-electron chi connectivity index (χ2n) is 4.79. The van der Waals surface area contributed by atoms with E-state index in [9.17, 15) is 9.59 Å². The van der Waals surface area contributed by atoms with Crippen LogP contribution in [-0.2, 0) is 4.79 Å². The molecule has 0 atom stereocenters. The van der Waals surface area contributed by atoms with Crippen molar-refractivity contribution < 1.29 is 14.7 Å². The quantitative estimate of drug-likeness (QED) is 0.905. The third-order valence-corrected chi connectivity index (χ3v) is 4.17. The van der Waals surface area contributed by atoms with Crippen molar-refractivity contribution in [3.05, 3.63) is 33.8 Å². The van der Waals surface area contributed by atoms with Gasteiger partial charge in [-0.15, -0.1) is 0 Å². The molecule has 0 bridgehead atoms. The molecule has 102 valence electrons. The molecule has 1 aromatic rings. The number of carboxylic acids is 1.